The van der Waals surface area contributed by atoms with Crippen molar-refractivity contribution < 1.29 is 18.3 Å². The predicted molar refractivity (Wildman–Crippen MR) is 149 cm³/mol. The Morgan fingerprint density at radius 1 is 1.21 bits per heavy atom. The van der Waals surface area contributed by atoms with E-state index < -0.39 is 16.1 Å². The summed E-state index contributed by atoms with van der Waals surface area (Å²) < 4.78 is 34.2. The number of rotatable bonds is 7. The van der Waals surface area contributed by atoms with Gasteiger partial charge in [0, 0.05) is 48.2 Å². The molecule has 0 spiro atoms. The van der Waals surface area contributed by atoms with Crippen LogP contribution in [-0.4, -0.2) is 60.8 Å². The van der Waals surface area contributed by atoms with Crippen LogP contribution in [0, 0.1) is 5.41 Å². The number of aryl methyl sites for hydroxylation is 1. The van der Waals surface area contributed by atoms with E-state index in [9.17, 15) is 13.5 Å². The van der Waals surface area contributed by atoms with Crippen molar-refractivity contribution in [1.82, 2.24) is 19.7 Å². The smallest absolute Gasteiger partial charge is 0.244 e. The number of nitrogen functional groups attached to an aromatic ring is 1. The van der Waals surface area contributed by atoms with Crippen LogP contribution in [0.2, 0.25) is 0 Å². The van der Waals surface area contributed by atoms with Crippen molar-refractivity contribution in [3.05, 3.63) is 53.6 Å². The first-order valence-corrected chi connectivity index (χ1v) is 14.5. The van der Waals surface area contributed by atoms with Crippen molar-refractivity contribution in [1.29, 1.82) is 0 Å². The van der Waals surface area contributed by atoms with Crippen molar-refractivity contribution in [3.8, 4) is 16.9 Å². The van der Waals surface area contributed by atoms with E-state index in [0.717, 1.165) is 47.7 Å². The lowest BCUT2D eigenvalue weighted by Gasteiger charge is -2.33. The van der Waals surface area contributed by atoms with Gasteiger partial charge in [-0.3, -0.25) is 0 Å². The van der Waals surface area contributed by atoms with Gasteiger partial charge in [0.1, 0.15) is 35.2 Å². The molecule has 0 amide bonds. The molecule has 1 unspecified atom stereocenters. The Balaban J connectivity index is 1.46. The summed E-state index contributed by atoms with van der Waals surface area (Å²) in [6.45, 7) is 6.05. The van der Waals surface area contributed by atoms with Crippen LogP contribution < -0.4 is 25.8 Å². The maximum absolute atomic E-state index is 12.9. The van der Waals surface area contributed by atoms with Crippen molar-refractivity contribution >= 4 is 21.7 Å². The van der Waals surface area contributed by atoms with Crippen molar-refractivity contribution in [2.45, 2.75) is 50.7 Å². The Bertz CT molecular complexity index is 1480. The topological polar surface area (TPSA) is 170 Å². The number of hydrogen-bond donors (Lipinski definition) is 4. The molecule has 39 heavy (non-hydrogen) atoms. The van der Waals surface area contributed by atoms with Gasteiger partial charge >= 0.3 is 0 Å². The molecule has 0 bridgehead atoms. The van der Waals surface area contributed by atoms with Gasteiger partial charge in [0.2, 0.25) is 10.0 Å². The minimum absolute atomic E-state index is 0.0694. The summed E-state index contributed by atoms with van der Waals surface area (Å²) in [6, 6.07) is 7.24. The zero-order chi connectivity index (χ0) is 27.8. The number of nitrogens with zero attached hydrogens (tertiary/aromatic N) is 4. The van der Waals surface area contributed by atoms with Gasteiger partial charge in [-0.15, -0.1) is 0 Å². The standard InChI is InChI=1S/C27H35N7O4S/c1-27(2)6-5-22-21(11-27)26(32-16-31-22)34-7-8-38-23-4-3-17(9-19(23)15-34)18-10-24(25(29)30-13-18)39(36,37)33-14-20(35)12-28/h3-4,9-10,13,16,20,33,35H,5-8,11-12,14-15,28H2,1-2H3,(H2,29,30). The van der Waals surface area contributed by atoms with E-state index in [1.807, 2.05) is 18.2 Å². The highest BCUT2D eigenvalue weighted by Crippen LogP contribution is 2.39. The van der Waals surface area contributed by atoms with Gasteiger partial charge in [0.15, 0.2) is 0 Å². The van der Waals surface area contributed by atoms with E-state index in [1.54, 1.807) is 12.5 Å². The molecule has 11 nitrogen and oxygen atoms in total. The molecule has 2 aromatic heterocycles. The highest BCUT2D eigenvalue weighted by molar-refractivity contribution is 7.89. The number of anilines is 2. The molecule has 3 heterocycles. The Morgan fingerprint density at radius 3 is 2.82 bits per heavy atom. The minimum atomic E-state index is -4.01. The molecule has 0 saturated heterocycles. The third kappa shape index (κ3) is 5.83. The van der Waals surface area contributed by atoms with Gasteiger partial charge in [-0.25, -0.2) is 28.1 Å². The maximum atomic E-state index is 12.9. The van der Waals surface area contributed by atoms with Crippen LogP contribution in [0.5, 0.6) is 5.75 Å². The molecule has 12 heteroatoms. The third-order valence-corrected chi connectivity index (χ3v) is 8.78. The van der Waals surface area contributed by atoms with E-state index >= 15 is 0 Å². The number of benzene rings is 1. The molecular formula is C27H35N7O4S. The van der Waals surface area contributed by atoms with Gasteiger partial charge in [-0.2, -0.15) is 0 Å². The number of aromatic nitrogens is 3. The summed E-state index contributed by atoms with van der Waals surface area (Å²) in [5, 5.41) is 9.68. The summed E-state index contributed by atoms with van der Waals surface area (Å²) in [7, 11) is -4.01. The van der Waals surface area contributed by atoms with Crippen LogP contribution in [0.3, 0.4) is 0 Å². The number of nitrogens with two attached hydrogens (primary N) is 2. The van der Waals surface area contributed by atoms with E-state index in [4.69, 9.17) is 21.2 Å². The van der Waals surface area contributed by atoms with Crippen molar-refractivity contribution in [3.63, 3.8) is 0 Å². The van der Waals surface area contributed by atoms with E-state index in [2.05, 4.69) is 33.4 Å². The fourth-order valence-corrected chi connectivity index (χ4v) is 6.26. The molecule has 0 radical (unpaired) electrons. The molecule has 1 aliphatic carbocycles. The Labute approximate surface area is 228 Å². The van der Waals surface area contributed by atoms with Crippen LogP contribution in [0.25, 0.3) is 11.1 Å². The van der Waals surface area contributed by atoms with Gasteiger partial charge < -0.3 is 26.2 Å². The lowest BCUT2D eigenvalue weighted by atomic mass is 9.76. The quantitative estimate of drug-likeness (QED) is 0.337. The fourth-order valence-electron chi connectivity index (χ4n) is 5.08. The second kappa shape index (κ2) is 10.7. The van der Waals surface area contributed by atoms with Crippen LogP contribution >= 0.6 is 0 Å². The predicted octanol–water partition coefficient (Wildman–Crippen LogP) is 1.63. The fraction of sp³-hybridized carbons (Fsp3) is 0.444. The number of hydrogen-bond acceptors (Lipinski definition) is 10. The highest BCUT2D eigenvalue weighted by Gasteiger charge is 2.31. The van der Waals surface area contributed by atoms with Gasteiger partial charge in [0.25, 0.3) is 0 Å². The number of nitrogens with one attached hydrogen (secondary N) is 1. The number of sulfonamides is 1. The van der Waals surface area contributed by atoms with Crippen molar-refractivity contribution in [2.24, 2.45) is 11.1 Å². The summed E-state index contributed by atoms with van der Waals surface area (Å²) in [5.41, 5.74) is 16.1. The number of fused-ring (bicyclic) bond motifs is 2. The summed E-state index contributed by atoms with van der Waals surface area (Å²) in [6.07, 6.45) is 5.16. The lowest BCUT2D eigenvalue weighted by molar-refractivity contribution is 0.186. The number of aliphatic hydroxyl groups excluding tert-OH is 1. The van der Waals surface area contributed by atoms with E-state index in [1.165, 1.54) is 11.6 Å². The van der Waals surface area contributed by atoms with E-state index in [-0.39, 0.29) is 29.2 Å². The first kappa shape index (κ1) is 27.3. The Morgan fingerprint density at radius 2 is 2.03 bits per heavy atom. The molecule has 2 aliphatic rings. The second-order valence-electron chi connectivity index (χ2n) is 10.9. The highest BCUT2D eigenvalue weighted by atomic mass is 32.2. The van der Waals surface area contributed by atoms with Gasteiger partial charge in [-0.1, -0.05) is 19.9 Å². The van der Waals surface area contributed by atoms with Crippen molar-refractivity contribution in [2.75, 3.05) is 36.9 Å². The largest absolute Gasteiger partial charge is 0.491 e. The minimum Gasteiger partial charge on any atom is -0.491 e. The Hall–Kier alpha value is -3.32. The van der Waals surface area contributed by atoms with E-state index in [0.29, 0.717) is 25.3 Å². The third-order valence-electron chi connectivity index (χ3n) is 7.33. The van der Waals surface area contributed by atoms with Crippen LogP contribution in [0.1, 0.15) is 37.1 Å². The molecule has 0 fully saturated rings. The number of ether oxygens (including phenoxy) is 1. The summed E-state index contributed by atoms with van der Waals surface area (Å²) in [4.78, 5) is 15.5. The summed E-state index contributed by atoms with van der Waals surface area (Å²) >= 11 is 0. The monoisotopic (exact) mass is 553 g/mol. The molecule has 3 aromatic rings. The molecule has 0 saturated carbocycles. The second-order valence-corrected chi connectivity index (χ2v) is 12.6. The lowest BCUT2D eigenvalue weighted by Crippen LogP contribution is -2.36. The molecular weight excluding hydrogens is 518 g/mol. The molecule has 5 rings (SSSR count). The molecule has 1 aromatic carbocycles. The van der Waals surface area contributed by atoms with Crippen LogP contribution in [-0.2, 0) is 29.4 Å². The molecule has 1 aliphatic heterocycles. The van der Waals surface area contributed by atoms with Crippen LogP contribution in [0.4, 0.5) is 11.6 Å². The normalized spacial score (nSPS) is 17.5. The summed E-state index contributed by atoms with van der Waals surface area (Å²) in [5.74, 6) is 1.59. The number of pyridine rings is 1. The molecule has 6 N–H and O–H groups in total. The average Bonchev–Trinajstić information content (AvgIpc) is 3.13. The molecule has 208 valence electrons. The Kier molecular flexibility index (Phi) is 7.47. The van der Waals surface area contributed by atoms with Crippen LogP contribution in [0.15, 0.2) is 41.7 Å². The maximum Gasteiger partial charge on any atom is 0.244 e. The zero-order valence-corrected chi connectivity index (χ0v) is 23.0. The average molecular weight is 554 g/mol. The zero-order valence-electron chi connectivity index (χ0n) is 22.2. The van der Waals surface area contributed by atoms with Gasteiger partial charge in [-0.05, 0) is 48.4 Å². The first-order valence-electron chi connectivity index (χ1n) is 13.0. The number of aliphatic hydroxyl groups is 1. The SMILES string of the molecule is CC1(C)CCc2ncnc(N3CCOc4ccc(-c5cnc(N)c(S(=O)(=O)NCC(O)CN)c5)cc4C3)c2C1. The first-order chi connectivity index (χ1) is 18.6. The molecule has 1 atom stereocenters. The van der Waals surface area contributed by atoms with Gasteiger partial charge in [0.05, 0.1) is 12.6 Å².